The van der Waals surface area contributed by atoms with Gasteiger partial charge in [-0.2, -0.15) is 4.99 Å². The number of rotatable bonds is 9. The Balaban J connectivity index is 1.31. The number of benzene rings is 3. The molecule has 1 amide bonds. The highest BCUT2D eigenvalue weighted by atomic mass is 35.5. The normalized spacial score (nSPS) is 15.7. The molecule has 0 saturated heterocycles. The molecule has 0 bridgehead atoms. The largest absolute Gasteiger partial charge is 0.490 e. The molecule has 9 heteroatoms. The van der Waals surface area contributed by atoms with E-state index in [1.54, 1.807) is 29.2 Å². The lowest BCUT2D eigenvalue weighted by Crippen LogP contribution is -2.38. The molecule has 0 aliphatic carbocycles. The summed E-state index contributed by atoms with van der Waals surface area (Å²) in [5, 5.41) is 11.9. The van der Waals surface area contributed by atoms with E-state index in [4.69, 9.17) is 31.2 Å². The molecule has 3 aromatic carbocycles. The summed E-state index contributed by atoms with van der Waals surface area (Å²) in [4.78, 5) is 18.8. The number of thioether (sulfide) groups is 1. The van der Waals surface area contributed by atoms with E-state index in [-0.39, 0.29) is 11.4 Å². The van der Waals surface area contributed by atoms with Gasteiger partial charge in [-0.05, 0) is 66.9 Å². The van der Waals surface area contributed by atoms with Crippen LogP contribution < -0.4 is 14.2 Å². The zero-order valence-corrected chi connectivity index (χ0v) is 23.0. The number of amidine groups is 2. The van der Waals surface area contributed by atoms with Crippen molar-refractivity contribution >= 4 is 52.0 Å². The zero-order chi connectivity index (χ0) is 27.4. The zero-order valence-electron chi connectivity index (χ0n) is 21.4. The number of hydrogen-bond acceptors (Lipinski definition) is 6. The summed E-state index contributed by atoms with van der Waals surface area (Å²) >= 11 is 7.41. The van der Waals surface area contributed by atoms with Crippen molar-refractivity contribution in [3.8, 4) is 17.2 Å². The molecular formula is C30H26ClN3O4S. The number of ether oxygens (including phenoxy) is 3. The Labute approximate surface area is 236 Å². The molecule has 5 rings (SSSR count). The minimum Gasteiger partial charge on any atom is -0.490 e. The number of fused-ring (bicyclic) bond motifs is 1. The molecule has 0 saturated carbocycles. The Morgan fingerprint density at radius 3 is 2.56 bits per heavy atom. The van der Waals surface area contributed by atoms with Crippen LogP contribution in [-0.2, 0) is 4.79 Å². The van der Waals surface area contributed by atoms with Gasteiger partial charge in [0.15, 0.2) is 16.7 Å². The van der Waals surface area contributed by atoms with E-state index in [2.05, 4.69) is 4.99 Å². The van der Waals surface area contributed by atoms with Crippen LogP contribution in [-0.4, -0.2) is 41.6 Å². The van der Waals surface area contributed by atoms with Crippen molar-refractivity contribution in [1.29, 1.82) is 5.41 Å². The number of hydrogen-bond donors (Lipinski definition) is 1. The Kier molecular flexibility index (Phi) is 8.05. The summed E-state index contributed by atoms with van der Waals surface area (Å²) in [5.74, 6) is 1.45. The van der Waals surface area contributed by atoms with E-state index in [0.29, 0.717) is 47.1 Å². The van der Waals surface area contributed by atoms with Crippen molar-refractivity contribution < 1.29 is 19.0 Å². The lowest BCUT2D eigenvalue weighted by Gasteiger charge is -2.27. The molecule has 0 unspecified atom stereocenters. The highest BCUT2D eigenvalue weighted by Gasteiger charge is 2.36. The molecule has 39 heavy (non-hydrogen) atoms. The molecule has 7 nitrogen and oxygen atoms in total. The molecule has 0 fully saturated rings. The van der Waals surface area contributed by atoms with Gasteiger partial charge >= 0.3 is 0 Å². The first-order chi connectivity index (χ1) is 18.9. The third kappa shape index (κ3) is 5.87. The minimum absolute atomic E-state index is 0.0815. The van der Waals surface area contributed by atoms with Gasteiger partial charge in [-0.15, -0.1) is 0 Å². The number of nitrogens with one attached hydrogen (secondary N) is 1. The molecule has 198 valence electrons. The van der Waals surface area contributed by atoms with Gasteiger partial charge in [0.1, 0.15) is 24.8 Å². The van der Waals surface area contributed by atoms with Crippen LogP contribution in [0.1, 0.15) is 23.6 Å². The smallest absolute Gasteiger partial charge is 0.283 e. The molecular weight excluding hydrogens is 534 g/mol. The SMILES string of the molecule is CCOc1cc(/C=C2/C(=N)N3C(c4ccccc4)=CSC3=NC2=O)ccc1OCCOc1ccc(Cl)c(C)c1. The molecule has 1 N–H and O–H groups in total. The molecule has 0 radical (unpaired) electrons. The topological polar surface area (TPSA) is 84.2 Å². The number of amides is 1. The second kappa shape index (κ2) is 11.8. The lowest BCUT2D eigenvalue weighted by molar-refractivity contribution is -0.114. The summed E-state index contributed by atoms with van der Waals surface area (Å²) in [6.45, 7) is 4.91. The van der Waals surface area contributed by atoms with E-state index < -0.39 is 5.91 Å². The first kappa shape index (κ1) is 26.6. The van der Waals surface area contributed by atoms with E-state index >= 15 is 0 Å². The Morgan fingerprint density at radius 1 is 1.00 bits per heavy atom. The highest BCUT2D eigenvalue weighted by molar-refractivity contribution is 8.17. The van der Waals surface area contributed by atoms with Crippen LogP contribution in [0.3, 0.4) is 0 Å². The van der Waals surface area contributed by atoms with Gasteiger partial charge in [0.05, 0.1) is 17.9 Å². The quantitative estimate of drug-likeness (QED) is 0.229. The fourth-order valence-electron chi connectivity index (χ4n) is 4.10. The van der Waals surface area contributed by atoms with Crippen LogP contribution in [0.4, 0.5) is 0 Å². The summed E-state index contributed by atoms with van der Waals surface area (Å²) in [6, 6.07) is 20.7. The average Bonchev–Trinajstić information content (AvgIpc) is 3.36. The molecule has 0 atom stereocenters. The van der Waals surface area contributed by atoms with Crippen LogP contribution in [0.15, 0.2) is 82.7 Å². The predicted octanol–water partition coefficient (Wildman–Crippen LogP) is 6.81. The van der Waals surface area contributed by atoms with Gasteiger partial charge in [-0.25, -0.2) is 0 Å². The molecule has 2 aliphatic rings. The first-order valence-electron chi connectivity index (χ1n) is 12.4. The number of carbonyl (C=O) groups excluding carboxylic acids is 1. The van der Waals surface area contributed by atoms with E-state index in [1.807, 2.05) is 67.8 Å². The van der Waals surface area contributed by atoms with Crippen molar-refractivity contribution in [2.24, 2.45) is 4.99 Å². The monoisotopic (exact) mass is 559 g/mol. The number of nitrogens with zero attached hydrogens (tertiary/aromatic N) is 2. The van der Waals surface area contributed by atoms with Gasteiger partial charge in [0, 0.05) is 10.4 Å². The second-order valence-electron chi connectivity index (χ2n) is 8.68. The predicted molar refractivity (Wildman–Crippen MR) is 157 cm³/mol. The van der Waals surface area contributed by atoms with E-state index in [0.717, 1.165) is 22.6 Å². The van der Waals surface area contributed by atoms with Gasteiger partial charge in [-0.3, -0.25) is 15.1 Å². The average molecular weight is 560 g/mol. The van der Waals surface area contributed by atoms with Crippen LogP contribution >= 0.6 is 23.4 Å². The maximum atomic E-state index is 12.9. The summed E-state index contributed by atoms with van der Waals surface area (Å²) < 4.78 is 17.5. The van der Waals surface area contributed by atoms with Crippen molar-refractivity contribution in [2.75, 3.05) is 19.8 Å². The van der Waals surface area contributed by atoms with Crippen molar-refractivity contribution in [3.63, 3.8) is 0 Å². The van der Waals surface area contributed by atoms with Crippen LogP contribution in [0, 0.1) is 12.3 Å². The van der Waals surface area contributed by atoms with E-state index in [1.165, 1.54) is 11.8 Å². The molecule has 2 heterocycles. The summed E-state index contributed by atoms with van der Waals surface area (Å²) in [6.07, 6.45) is 1.66. The van der Waals surface area contributed by atoms with Crippen LogP contribution in [0.25, 0.3) is 11.8 Å². The number of carbonyl (C=O) groups is 1. The molecule has 3 aromatic rings. The fourth-order valence-corrected chi connectivity index (χ4v) is 5.11. The van der Waals surface area contributed by atoms with Gasteiger partial charge in [0.2, 0.25) is 0 Å². The summed E-state index contributed by atoms with van der Waals surface area (Å²) in [5.41, 5.74) is 3.61. The first-order valence-corrected chi connectivity index (χ1v) is 13.6. The maximum absolute atomic E-state index is 12.9. The van der Waals surface area contributed by atoms with Gasteiger partial charge in [-0.1, -0.05) is 59.8 Å². The third-order valence-electron chi connectivity index (χ3n) is 6.00. The van der Waals surface area contributed by atoms with Crippen molar-refractivity contribution in [1.82, 2.24) is 4.90 Å². The van der Waals surface area contributed by atoms with Crippen LogP contribution in [0.2, 0.25) is 5.02 Å². The lowest BCUT2D eigenvalue weighted by atomic mass is 10.1. The fraction of sp³-hybridized carbons (Fsp3) is 0.167. The molecule has 0 spiro atoms. The van der Waals surface area contributed by atoms with Gasteiger partial charge < -0.3 is 14.2 Å². The number of aryl methyl sites for hydroxylation is 1. The maximum Gasteiger partial charge on any atom is 0.283 e. The van der Waals surface area contributed by atoms with Gasteiger partial charge in [0.25, 0.3) is 5.91 Å². The third-order valence-corrected chi connectivity index (χ3v) is 7.25. The molecule has 0 aromatic heterocycles. The Hall–Kier alpha value is -4.01. The summed E-state index contributed by atoms with van der Waals surface area (Å²) in [7, 11) is 0. The number of halogens is 1. The molecule has 2 aliphatic heterocycles. The van der Waals surface area contributed by atoms with Crippen LogP contribution in [0.5, 0.6) is 17.2 Å². The Bertz CT molecular complexity index is 1520. The second-order valence-corrected chi connectivity index (χ2v) is 9.92. The standard InChI is InChI=1S/C30H26ClN3O4S/c1-3-36-27-17-20(9-12-26(27)38-14-13-37-22-10-11-24(31)19(2)15-22)16-23-28(32)34-25(21-7-5-4-6-8-21)18-39-30(34)33-29(23)35/h4-12,15-18,32H,3,13-14H2,1-2H3/b23-16-,32-28?. The van der Waals surface area contributed by atoms with Crippen molar-refractivity contribution in [3.05, 3.63) is 99.4 Å². The number of aliphatic imine (C=N–C) groups is 1. The Morgan fingerprint density at radius 2 is 1.79 bits per heavy atom. The van der Waals surface area contributed by atoms with Crippen molar-refractivity contribution in [2.45, 2.75) is 13.8 Å². The highest BCUT2D eigenvalue weighted by Crippen LogP contribution is 2.38. The minimum atomic E-state index is -0.450. The van der Waals surface area contributed by atoms with E-state index in [9.17, 15) is 4.79 Å².